The average Bonchev–Trinajstić information content (AvgIpc) is 3.40. The highest BCUT2D eigenvalue weighted by Crippen LogP contribution is 2.46. The van der Waals surface area contributed by atoms with Crippen molar-refractivity contribution >= 4 is 22.4 Å². The number of nitrogens with zero attached hydrogens (tertiary/aromatic N) is 2. The summed E-state index contributed by atoms with van der Waals surface area (Å²) in [4.78, 5) is 9.31. The summed E-state index contributed by atoms with van der Waals surface area (Å²) >= 11 is 0. The van der Waals surface area contributed by atoms with Gasteiger partial charge in [0.05, 0.1) is 11.1 Å². The van der Waals surface area contributed by atoms with Crippen LogP contribution in [0.3, 0.4) is 0 Å². The van der Waals surface area contributed by atoms with Gasteiger partial charge in [-0.25, -0.2) is 9.97 Å². The van der Waals surface area contributed by atoms with Crippen LogP contribution in [0.2, 0.25) is 0 Å². The lowest BCUT2D eigenvalue weighted by Gasteiger charge is -2.16. The molecule has 5 rings (SSSR count). The van der Waals surface area contributed by atoms with Crippen LogP contribution in [-0.4, -0.2) is 9.97 Å². The Morgan fingerprint density at radius 1 is 1.07 bits per heavy atom. The number of hydrogen-bond donors (Lipinski definition) is 2. The first-order valence-corrected chi connectivity index (χ1v) is 10.3. The van der Waals surface area contributed by atoms with Crippen LogP contribution in [0, 0.1) is 6.92 Å². The van der Waals surface area contributed by atoms with Crippen molar-refractivity contribution < 1.29 is 13.2 Å². The number of nitrogens with one attached hydrogen (secondary N) is 1. The van der Waals surface area contributed by atoms with Gasteiger partial charge in [-0.2, -0.15) is 13.2 Å². The Morgan fingerprint density at radius 2 is 1.83 bits per heavy atom. The molecule has 7 heteroatoms. The maximum Gasteiger partial charge on any atom is 0.416 e. The summed E-state index contributed by atoms with van der Waals surface area (Å²) in [5.41, 5.74) is 10.7. The number of nitrogens with two attached hydrogens (primary N) is 1. The second-order valence-electron chi connectivity index (χ2n) is 8.38. The van der Waals surface area contributed by atoms with Crippen molar-refractivity contribution in [2.75, 3.05) is 11.1 Å². The van der Waals surface area contributed by atoms with Gasteiger partial charge < -0.3 is 11.1 Å². The molecule has 1 heterocycles. The van der Waals surface area contributed by atoms with E-state index in [-0.39, 0.29) is 12.2 Å². The fraction of sp³-hybridized carbons (Fsp3) is 0.391. The summed E-state index contributed by atoms with van der Waals surface area (Å²) in [5, 5.41) is 4.22. The van der Waals surface area contributed by atoms with E-state index in [1.807, 2.05) is 6.92 Å². The number of nitrogen functional groups attached to an aromatic ring is 1. The molecule has 1 saturated carbocycles. The molecule has 0 saturated heterocycles. The molecule has 2 aromatic carbocycles. The monoisotopic (exact) mass is 412 g/mol. The van der Waals surface area contributed by atoms with E-state index >= 15 is 0 Å². The minimum Gasteiger partial charge on any atom is -0.399 e. The van der Waals surface area contributed by atoms with Crippen LogP contribution in [-0.2, 0) is 25.6 Å². The molecular weight excluding hydrogens is 389 g/mol. The summed E-state index contributed by atoms with van der Waals surface area (Å²) in [7, 11) is 0. The number of alkyl halides is 3. The van der Waals surface area contributed by atoms with Crippen LogP contribution in [0.1, 0.15) is 58.8 Å². The molecule has 156 valence electrons. The van der Waals surface area contributed by atoms with Crippen molar-refractivity contribution in [1.82, 2.24) is 9.97 Å². The molecule has 2 aliphatic rings. The van der Waals surface area contributed by atoms with Gasteiger partial charge in [0.25, 0.3) is 0 Å². The van der Waals surface area contributed by atoms with E-state index in [4.69, 9.17) is 10.7 Å². The van der Waals surface area contributed by atoms with Crippen LogP contribution in [0.25, 0.3) is 10.9 Å². The topological polar surface area (TPSA) is 63.8 Å². The van der Waals surface area contributed by atoms with Crippen LogP contribution in [0.4, 0.5) is 24.7 Å². The summed E-state index contributed by atoms with van der Waals surface area (Å²) in [6.07, 6.45) is 1.28. The number of anilines is 2. The van der Waals surface area contributed by atoms with Gasteiger partial charge in [-0.3, -0.25) is 0 Å². The third kappa shape index (κ3) is 3.46. The maximum absolute atomic E-state index is 13.1. The van der Waals surface area contributed by atoms with Crippen LogP contribution in [0.15, 0.2) is 24.3 Å². The highest BCUT2D eigenvalue weighted by molar-refractivity contribution is 5.93. The van der Waals surface area contributed by atoms with Crippen molar-refractivity contribution in [3.05, 3.63) is 57.9 Å². The predicted molar refractivity (Wildman–Crippen MR) is 111 cm³/mol. The number of halogens is 3. The molecule has 0 radical (unpaired) electrons. The van der Waals surface area contributed by atoms with Crippen LogP contribution >= 0.6 is 0 Å². The van der Waals surface area contributed by atoms with E-state index in [0.29, 0.717) is 23.1 Å². The van der Waals surface area contributed by atoms with Gasteiger partial charge in [0.1, 0.15) is 11.6 Å². The quantitative estimate of drug-likeness (QED) is 0.554. The van der Waals surface area contributed by atoms with E-state index in [1.165, 1.54) is 29.5 Å². The van der Waals surface area contributed by atoms with Gasteiger partial charge in [0.15, 0.2) is 0 Å². The Balaban J connectivity index is 1.54. The largest absolute Gasteiger partial charge is 0.416 e. The number of aromatic nitrogens is 2. The fourth-order valence-electron chi connectivity index (χ4n) is 4.58. The molecule has 0 atom stereocenters. The van der Waals surface area contributed by atoms with Crippen LogP contribution < -0.4 is 11.1 Å². The third-order valence-electron chi connectivity index (χ3n) is 6.03. The van der Waals surface area contributed by atoms with E-state index < -0.39 is 11.7 Å². The predicted octanol–water partition coefficient (Wildman–Crippen LogP) is 5.52. The zero-order valence-corrected chi connectivity index (χ0v) is 16.7. The van der Waals surface area contributed by atoms with Crippen molar-refractivity contribution in [3.63, 3.8) is 0 Å². The Bertz CT molecular complexity index is 1150. The van der Waals surface area contributed by atoms with Crippen LogP contribution in [0.5, 0.6) is 0 Å². The molecule has 1 aromatic heterocycles. The first-order chi connectivity index (χ1) is 14.3. The van der Waals surface area contributed by atoms with Gasteiger partial charge in [-0.15, -0.1) is 0 Å². The van der Waals surface area contributed by atoms with Crippen molar-refractivity contribution in [2.45, 2.75) is 57.7 Å². The fourth-order valence-corrected chi connectivity index (χ4v) is 4.58. The van der Waals surface area contributed by atoms with Gasteiger partial charge in [-0.05, 0) is 91.5 Å². The summed E-state index contributed by atoms with van der Waals surface area (Å²) in [6.45, 7) is 2.05. The van der Waals surface area contributed by atoms with E-state index in [1.54, 1.807) is 6.07 Å². The third-order valence-corrected chi connectivity index (χ3v) is 6.03. The highest BCUT2D eigenvalue weighted by atomic mass is 19.4. The van der Waals surface area contributed by atoms with Crippen molar-refractivity contribution in [1.29, 1.82) is 0 Å². The molecule has 0 aliphatic heterocycles. The lowest BCUT2D eigenvalue weighted by molar-refractivity contribution is -0.137. The number of fused-ring (bicyclic) bond motifs is 3. The minimum absolute atomic E-state index is 0.0965. The van der Waals surface area contributed by atoms with Gasteiger partial charge in [0.2, 0.25) is 0 Å². The summed E-state index contributed by atoms with van der Waals surface area (Å²) in [6, 6.07) is 5.86. The van der Waals surface area contributed by atoms with Gasteiger partial charge in [-0.1, -0.05) is 0 Å². The Hall–Kier alpha value is -2.83. The molecule has 0 amide bonds. The van der Waals surface area contributed by atoms with E-state index in [0.717, 1.165) is 42.3 Å². The zero-order valence-electron chi connectivity index (χ0n) is 16.7. The smallest absolute Gasteiger partial charge is 0.399 e. The summed E-state index contributed by atoms with van der Waals surface area (Å²) < 4.78 is 39.4. The normalized spacial score (nSPS) is 16.1. The number of rotatable bonds is 4. The molecule has 3 aromatic rings. The molecule has 4 nitrogen and oxygen atoms in total. The Kier molecular flexibility index (Phi) is 4.38. The van der Waals surface area contributed by atoms with E-state index in [9.17, 15) is 13.2 Å². The molecular formula is C23H23F3N4. The molecule has 2 aliphatic carbocycles. The molecule has 1 fully saturated rings. The maximum atomic E-state index is 13.1. The van der Waals surface area contributed by atoms with Gasteiger partial charge >= 0.3 is 6.18 Å². The zero-order chi connectivity index (χ0) is 21.0. The van der Waals surface area contributed by atoms with Gasteiger partial charge in [0, 0.05) is 17.6 Å². The molecule has 0 bridgehead atoms. The molecule has 30 heavy (non-hydrogen) atoms. The standard InChI is InChI=1S/C23H23F3N4/c1-12-29-21-18-4-2-3-17(18)19(14-5-6-14)10-20(21)22(30-12)28-11-13-7-15(23(24,25)26)9-16(27)8-13/h7-10,14H,2-6,11,27H2,1H3,(H,28,29,30). The Labute approximate surface area is 172 Å². The average molecular weight is 412 g/mol. The summed E-state index contributed by atoms with van der Waals surface area (Å²) in [5.74, 6) is 1.95. The Morgan fingerprint density at radius 3 is 2.57 bits per heavy atom. The SMILES string of the molecule is Cc1nc(NCc2cc(N)cc(C(F)(F)F)c2)c2cc(C3CC3)c3c(c2n1)CCC3. The van der Waals surface area contributed by atoms with E-state index in [2.05, 4.69) is 16.4 Å². The number of hydrogen-bond acceptors (Lipinski definition) is 4. The lowest BCUT2D eigenvalue weighted by atomic mass is 9.96. The highest BCUT2D eigenvalue weighted by Gasteiger charge is 2.32. The van der Waals surface area contributed by atoms with Crippen molar-refractivity contribution in [2.24, 2.45) is 0 Å². The molecule has 0 unspecified atom stereocenters. The lowest BCUT2D eigenvalue weighted by Crippen LogP contribution is -2.10. The number of benzene rings is 2. The molecule has 3 N–H and O–H groups in total. The van der Waals surface area contributed by atoms with Crippen molar-refractivity contribution in [3.8, 4) is 0 Å². The first kappa shape index (κ1) is 19.2. The molecule has 0 spiro atoms. The second kappa shape index (κ2) is 6.86. The minimum atomic E-state index is -4.43. The first-order valence-electron chi connectivity index (χ1n) is 10.3. The number of aryl methyl sites for hydroxylation is 2. The second-order valence-corrected chi connectivity index (χ2v) is 8.38.